The van der Waals surface area contributed by atoms with Crippen LogP contribution in [-0.4, -0.2) is 51.3 Å². The van der Waals surface area contributed by atoms with Crippen LogP contribution in [0.4, 0.5) is 11.4 Å². The van der Waals surface area contributed by atoms with Crippen LogP contribution in [0, 0.1) is 0 Å². The van der Waals surface area contributed by atoms with Crippen molar-refractivity contribution < 1.29 is 17.9 Å². The van der Waals surface area contributed by atoms with Gasteiger partial charge >= 0.3 is 0 Å². The van der Waals surface area contributed by atoms with Crippen molar-refractivity contribution >= 4 is 33.1 Å². The van der Waals surface area contributed by atoms with E-state index in [0.717, 1.165) is 19.6 Å². The molecule has 0 saturated heterocycles. The van der Waals surface area contributed by atoms with E-state index in [-0.39, 0.29) is 16.6 Å². The Bertz CT molecular complexity index is 1330. The Morgan fingerprint density at radius 3 is 2.37 bits per heavy atom. The van der Waals surface area contributed by atoms with Crippen molar-refractivity contribution in [2.75, 3.05) is 36.9 Å². The molecule has 0 fully saturated rings. The lowest BCUT2D eigenvalue weighted by Gasteiger charge is -2.19. The molecule has 0 atom stereocenters. The van der Waals surface area contributed by atoms with Gasteiger partial charge in [0, 0.05) is 23.4 Å². The lowest BCUT2D eigenvalue weighted by atomic mass is 10.1. The van der Waals surface area contributed by atoms with Gasteiger partial charge in [-0.25, -0.2) is 0 Å². The highest BCUT2D eigenvalue weighted by molar-refractivity contribution is 7.90. The second-order valence-corrected chi connectivity index (χ2v) is 9.51. The van der Waals surface area contributed by atoms with Crippen LogP contribution in [0.25, 0.3) is 0 Å². The molecule has 0 radical (unpaired) electrons. The predicted octanol–water partition coefficient (Wildman–Crippen LogP) is 4.22. The average Bonchev–Trinajstić information content (AvgIpc) is 3.13. The van der Waals surface area contributed by atoms with E-state index in [1.165, 1.54) is 6.07 Å². The predicted molar refractivity (Wildman–Crippen MR) is 138 cm³/mol. The summed E-state index contributed by atoms with van der Waals surface area (Å²) in [5, 5.41) is 5.94. The topological polar surface area (TPSA) is 100 Å². The van der Waals surface area contributed by atoms with Gasteiger partial charge in [0.15, 0.2) is 5.84 Å². The molecule has 0 unspecified atom stereocenters. The smallest absolute Gasteiger partial charge is 0.285 e. The Labute approximate surface area is 205 Å². The number of sulfonamides is 1. The molecule has 0 bridgehead atoms. The maximum absolute atomic E-state index is 12.8. The first-order valence-corrected chi connectivity index (χ1v) is 12.9. The number of ether oxygens (including phenoxy) is 1. The average molecular weight is 493 g/mol. The molecular formula is C26H28N4O4S. The van der Waals surface area contributed by atoms with Crippen LogP contribution in [0.5, 0.6) is 5.75 Å². The number of nitrogens with one attached hydrogen (secondary N) is 2. The van der Waals surface area contributed by atoms with Crippen molar-refractivity contribution in [2.24, 2.45) is 4.40 Å². The Balaban J connectivity index is 1.41. The number of fused-ring (bicyclic) bond motifs is 1. The zero-order chi connectivity index (χ0) is 24.8. The maximum Gasteiger partial charge on any atom is 0.285 e. The molecule has 0 spiro atoms. The van der Waals surface area contributed by atoms with Gasteiger partial charge < -0.3 is 20.3 Å². The second-order valence-electron chi connectivity index (χ2n) is 7.94. The van der Waals surface area contributed by atoms with Gasteiger partial charge in [-0.1, -0.05) is 38.1 Å². The van der Waals surface area contributed by atoms with Crippen LogP contribution in [0.1, 0.15) is 29.8 Å². The van der Waals surface area contributed by atoms with Crippen LogP contribution in [-0.2, 0) is 10.0 Å². The van der Waals surface area contributed by atoms with E-state index in [2.05, 4.69) is 33.8 Å². The van der Waals surface area contributed by atoms with Crippen LogP contribution < -0.4 is 15.4 Å². The van der Waals surface area contributed by atoms with E-state index < -0.39 is 10.0 Å². The minimum Gasteiger partial charge on any atom is -0.490 e. The number of carbonyl (C=O) groups excluding carboxylic acids is 1. The van der Waals surface area contributed by atoms with Crippen molar-refractivity contribution in [3.8, 4) is 5.75 Å². The highest BCUT2D eigenvalue weighted by Crippen LogP contribution is 2.27. The van der Waals surface area contributed by atoms with Gasteiger partial charge in [-0.2, -0.15) is 8.42 Å². The molecule has 0 saturated carbocycles. The Morgan fingerprint density at radius 1 is 0.943 bits per heavy atom. The summed E-state index contributed by atoms with van der Waals surface area (Å²) in [5.74, 6) is 0.599. The molecule has 9 heteroatoms. The minimum atomic E-state index is -3.70. The van der Waals surface area contributed by atoms with E-state index in [9.17, 15) is 13.2 Å². The standard InChI is InChI=1S/C26H28N4O4S/c1-3-30(4-2)17-18-34-23-11-7-6-10-22(23)28-26(31)19-13-15-20(16-14-19)27-25-21-9-5-8-12-24(21)35(32,33)29-25/h5-16H,3-4,17-18H2,1-2H3,(H,27,29)(H,28,31). The number of benzene rings is 3. The number of likely N-dealkylation sites (N-methyl/N-ethyl adjacent to an activating group) is 1. The number of rotatable bonds is 9. The van der Waals surface area contributed by atoms with Gasteiger partial charge in [0.2, 0.25) is 0 Å². The molecule has 1 heterocycles. The third-order valence-electron chi connectivity index (χ3n) is 5.74. The Morgan fingerprint density at radius 2 is 1.63 bits per heavy atom. The number of amides is 1. The van der Waals surface area contributed by atoms with Crippen molar-refractivity contribution in [1.82, 2.24) is 4.90 Å². The van der Waals surface area contributed by atoms with Gasteiger partial charge in [0.1, 0.15) is 17.3 Å². The van der Waals surface area contributed by atoms with Gasteiger partial charge in [-0.15, -0.1) is 4.40 Å². The highest BCUT2D eigenvalue weighted by atomic mass is 32.2. The van der Waals surface area contributed by atoms with Crippen molar-refractivity contribution in [3.05, 3.63) is 83.9 Å². The number of para-hydroxylation sites is 2. The SMILES string of the molecule is CCN(CC)CCOc1ccccc1NC(=O)c1ccc(NC2=NS(=O)(=O)c3ccccc32)cc1. The zero-order valence-electron chi connectivity index (χ0n) is 19.7. The Kier molecular flexibility index (Phi) is 7.48. The molecule has 35 heavy (non-hydrogen) atoms. The third-order valence-corrected chi connectivity index (χ3v) is 7.07. The van der Waals surface area contributed by atoms with Crippen molar-refractivity contribution in [1.29, 1.82) is 0 Å². The fourth-order valence-corrected chi connectivity index (χ4v) is 4.93. The van der Waals surface area contributed by atoms with E-state index >= 15 is 0 Å². The number of carbonyl (C=O) groups is 1. The molecule has 3 aromatic carbocycles. The van der Waals surface area contributed by atoms with E-state index in [4.69, 9.17) is 4.74 Å². The first-order chi connectivity index (χ1) is 16.9. The lowest BCUT2D eigenvalue weighted by Crippen LogP contribution is -2.28. The van der Waals surface area contributed by atoms with Crippen molar-refractivity contribution in [3.63, 3.8) is 0 Å². The largest absolute Gasteiger partial charge is 0.490 e. The van der Waals surface area contributed by atoms with Gasteiger partial charge in [0.05, 0.1) is 5.69 Å². The number of hydrogen-bond acceptors (Lipinski definition) is 6. The van der Waals surface area contributed by atoms with Gasteiger partial charge in [-0.05, 0) is 61.6 Å². The number of anilines is 2. The fourth-order valence-electron chi connectivity index (χ4n) is 3.75. The highest BCUT2D eigenvalue weighted by Gasteiger charge is 2.28. The normalized spacial score (nSPS) is 13.7. The van der Waals surface area contributed by atoms with E-state index in [1.54, 1.807) is 48.5 Å². The summed E-state index contributed by atoms with van der Waals surface area (Å²) in [4.78, 5) is 15.3. The summed E-state index contributed by atoms with van der Waals surface area (Å²) in [6.45, 7) is 7.47. The van der Waals surface area contributed by atoms with Crippen LogP contribution >= 0.6 is 0 Å². The van der Waals surface area contributed by atoms with Crippen molar-refractivity contribution in [2.45, 2.75) is 18.7 Å². The second kappa shape index (κ2) is 10.7. The van der Waals surface area contributed by atoms with E-state index in [0.29, 0.717) is 34.9 Å². The molecule has 3 aromatic rings. The maximum atomic E-state index is 12.8. The molecular weight excluding hydrogens is 464 g/mol. The first kappa shape index (κ1) is 24.4. The van der Waals surface area contributed by atoms with Gasteiger partial charge in [-0.3, -0.25) is 4.79 Å². The van der Waals surface area contributed by atoms with Crippen LogP contribution in [0.15, 0.2) is 82.1 Å². The summed E-state index contributed by atoms with van der Waals surface area (Å²) in [6.07, 6.45) is 0. The zero-order valence-corrected chi connectivity index (χ0v) is 20.5. The lowest BCUT2D eigenvalue weighted by molar-refractivity contribution is 0.102. The third kappa shape index (κ3) is 5.70. The summed E-state index contributed by atoms with van der Waals surface area (Å²) in [5.41, 5.74) is 2.19. The fraction of sp³-hybridized carbons (Fsp3) is 0.231. The summed E-state index contributed by atoms with van der Waals surface area (Å²) < 4.78 is 34.2. The number of amidine groups is 1. The summed E-state index contributed by atoms with van der Waals surface area (Å²) in [7, 11) is -3.70. The van der Waals surface area contributed by atoms with Crippen LogP contribution in [0.3, 0.4) is 0 Å². The Hall–Kier alpha value is -3.69. The monoisotopic (exact) mass is 492 g/mol. The number of hydrogen-bond donors (Lipinski definition) is 2. The van der Waals surface area contributed by atoms with Crippen LogP contribution in [0.2, 0.25) is 0 Å². The molecule has 1 aliphatic heterocycles. The molecule has 182 valence electrons. The molecule has 0 aliphatic carbocycles. The molecule has 8 nitrogen and oxygen atoms in total. The first-order valence-electron chi connectivity index (χ1n) is 11.5. The quantitative estimate of drug-likeness (QED) is 0.464. The molecule has 1 aliphatic rings. The molecule has 2 N–H and O–H groups in total. The van der Waals surface area contributed by atoms with E-state index in [1.807, 2.05) is 18.2 Å². The minimum absolute atomic E-state index is 0.177. The summed E-state index contributed by atoms with van der Waals surface area (Å²) in [6, 6.07) is 20.7. The number of nitrogens with zero attached hydrogens (tertiary/aromatic N) is 2. The molecule has 4 rings (SSSR count). The van der Waals surface area contributed by atoms with Gasteiger partial charge in [0.25, 0.3) is 15.9 Å². The summed E-state index contributed by atoms with van der Waals surface area (Å²) >= 11 is 0. The molecule has 1 amide bonds. The molecule has 0 aromatic heterocycles.